The highest BCUT2D eigenvalue weighted by Crippen LogP contribution is 2.10. The van der Waals surface area contributed by atoms with Crippen LogP contribution in [0.3, 0.4) is 0 Å². The number of hydrogen-bond donors (Lipinski definition) is 2. The Kier molecular flexibility index (Phi) is 10.2. The Morgan fingerprint density at radius 3 is 2.64 bits per heavy atom. The number of imidazole rings is 1. The van der Waals surface area contributed by atoms with E-state index in [1.54, 1.807) is 0 Å². The van der Waals surface area contributed by atoms with Crippen molar-refractivity contribution in [2.24, 2.45) is 4.99 Å². The maximum absolute atomic E-state index is 4.69. The SMILES string of the molecule is CCNC(=NCCCCn1ccnc1C)NC(C)c1ccccc1.I. The average molecular weight is 455 g/mol. The number of aliphatic imine (C=N–C) groups is 1. The van der Waals surface area contributed by atoms with Crippen molar-refractivity contribution in [1.29, 1.82) is 0 Å². The predicted octanol–water partition coefficient (Wildman–Crippen LogP) is 3.91. The molecule has 0 amide bonds. The van der Waals surface area contributed by atoms with E-state index in [0.29, 0.717) is 0 Å². The summed E-state index contributed by atoms with van der Waals surface area (Å²) in [6.07, 6.45) is 6.06. The third-order valence-corrected chi connectivity index (χ3v) is 4.00. The highest BCUT2D eigenvalue weighted by molar-refractivity contribution is 14.0. The molecule has 1 aromatic carbocycles. The second-order valence-corrected chi connectivity index (χ2v) is 5.91. The normalized spacial score (nSPS) is 12.4. The first kappa shape index (κ1) is 21.5. The van der Waals surface area contributed by atoms with E-state index in [9.17, 15) is 0 Å². The monoisotopic (exact) mass is 455 g/mol. The molecular weight excluding hydrogens is 425 g/mol. The van der Waals surface area contributed by atoms with Crippen LogP contribution in [0.2, 0.25) is 0 Å². The minimum absolute atomic E-state index is 0. The van der Waals surface area contributed by atoms with E-state index in [4.69, 9.17) is 0 Å². The van der Waals surface area contributed by atoms with Crippen molar-refractivity contribution in [3.8, 4) is 0 Å². The van der Waals surface area contributed by atoms with Crippen LogP contribution in [0.15, 0.2) is 47.7 Å². The van der Waals surface area contributed by atoms with Crippen LogP contribution in [0.1, 0.15) is 44.1 Å². The number of halogens is 1. The van der Waals surface area contributed by atoms with Gasteiger partial charge in [-0.2, -0.15) is 0 Å². The van der Waals surface area contributed by atoms with E-state index in [2.05, 4.69) is 63.3 Å². The molecule has 0 bridgehead atoms. The van der Waals surface area contributed by atoms with Crippen LogP contribution in [-0.4, -0.2) is 28.6 Å². The lowest BCUT2D eigenvalue weighted by Gasteiger charge is -2.18. The average Bonchev–Trinajstić information content (AvgIpc) is 3.00. The molecule has 0 saturated heterocycles. The molecule has 6 heteroatoms. The molecule has 0 spiro atoms. The van der Waals surface area contributed by atoms with Gasteiger partial charge in [0.05, 0.1) is 6.04 Å². The van der Waals surface area contributed by atoms with Crippen molar-refractivity contribution in [3.63, 3.8) is 0 Å². The summed E-state index contributed by atoms with van der Waals surface area (Å²) in [4.78, 5) is 8.93. The van der Waals surface area contributed by atoms with Crippen molar-refractivity contribution in [2.75, 3.05) is 13.1 Å². The van der Waals surface area contributed by atoms with Crippen LogP contribution in [0.4, 0.5) is 0 Å². The zero-order chi connectivity index (χ0) is 17.2. The molecule has 0 aliphatic rings. The van der Waals surface area contributed by atoms with Gasteiger partial charge in [-0.15, -0.1) is 24.0 Å². The maximum atomic E-state index is 4.69. The number of aromatic nitrogens is 2. The molecule has 2 rings (SSSR count). The first-order chi connectivity index (χ1) is 11.7. The Balaban J connectivity index is 0.00000312. The number of aryl methyl sites for hydroxylation is 2. The van der Waals surface area contributed by atoms with Crippen molar-refractivity contribution in [3.05, 3.63) is 54.1 Å². The van der Waals surface area contributed by atoms with Gasteiger partial charge in [0.1, 0.15) is 5.82 Å². The summed E-state index contributed by atoms with van der Waals surface area (Å²) in [5.74, 6) is 1.96. The van der Waals surface area contributed by atoms with Crippen LogP contribution >= 0.6 is 24.0 Å². The summed E-state index contributed by atoms with van der Waals surface area (Å²) < 4.78 is 2.19. The van der Waals surface area contributed by atoms with E-state index < -0.39 is 0 Å². The number of hydrogen-bond acceptors (Lipinski definition) is 2. The number of unbranched alkanes of at least 4 members (excludes halogenated alkanes) is 1. The largest absolute Gasteiger partial charge is 0.357 e. The predicted molar refractivity (Wildman–Crippen MR) is 116 cm³/mol. The quantitative estimate of drug-likeness (QED) is 0.275. The topological polar surface area (TPSA) is 54.2 Å². The fourth-order valence-corrected chi connectivity index (χ4v) is 2.58. The van der Waals surface area contributed by atoms with Gasteiger partial charge in [0.15, 0.2) is 5.96 Å². The molecule has 0 aliphatic heterocycles. The van der Waals surface area contributed by atoms with Gasteiger partial charge < -0.3 is 15.2 Å². The minimum atomic E-state index is 0. The van der Waals surface area contributed by atoms with Crippen molar-refractivity contribution < 1.29 is 0 Å². The van der Waals surface area contributed by atoms with Crippen molar-refractivity contribution in [1.82, 2.24) is 20.2 Å². The Bertz CT molecular complexity index is 624. The number of nitrogens with one attached hydrogen (secondary N) is 2. The first-order valence-corrected chi connectivity index (χ1v) is 8.78. The zero-order valence-corrected chi connectivity index (χ0v) is 17.7. The molecule has 0 fully saturated rings. The highest BCUT2D eigenvalue weighted by atomic mass is 127. The smallest absolute Gasteiger partial charge is 0.191 e. The summed E-state index contributed by atoms with van der Waals surface area (Å²) in [5.41, 5.74) is 1.26. The Morgan fingerprint density at radius 1 is 1.24 bits per heavy atom. The van der Waals surface area contributed by atoms with Crippen molar-refractivity contribution in [2.45, 2.75) is 46.2 Å². The van der Waals surface area contributed by atoms with E-state index in [1.165, 1.54) is 5.56 Å². The minimum Gasteiger partial charge on any atom is -0.357 e. The first-order valence-electron chi connectivity index (χ1n) is 8.78. The van der Waals surface area contributed by atoms with Crippen LogP contribution in [-0.2, 0) is 6.54 Å². The van der Waals surface area contributed by atoms with Gasteiger partial charge >= 0.3 is 0 Å². The molecular formula is C19H30IN5. The third-order valence-electron chi connectivity index (χ3n) is 4.00. The van der Waals surface area contributed by atoms with Gasteiger partial charge in [-0.3, -0.25) is 4.99 Å². The zero-order valence-electron chi connectivity index (χ0n) is 15.4. The third kappa shape index (κ3) is 7.46. The van der Waals surface area contributed by atoms with Gasteiger partial charge in [-0.05, 0) is 39.2 Å². The van der Waals surface area contributed by atoms with Crippen molar-refractivity contribution >= 4 is 29.9 Å². The van der Waals surface area contributed by atoms with E-state index in [1.807, 2.05) is 25.4 Å². The summed E-state index contributed by atoms with van der Waals surface area (Å²) in [6, 6.07) is 10.7. The summed E-state index contributed by atoms with van der Waals surface area (Å²) in [6.45, 7) is 8.98. The summed E-state index contributed by atoms with van der Waals surface area (Å²) in [5, 5.41) is 6.79. The fraction of sp³-hybridized carbons (Fsp3) is 0.474. The second-order valence-electron chi connectivity index (χ2n) is 5.91. The number of nitrogens with zero attached hydrogens (tertiary/aromatic N) is 3. The van der Waals surface area contributed by atoms with Crippen LogP contribution in [0.25, 0.3) is 0 Å². The molecule has 2 N–H and O–H groups in total. The molecule has 1 aromatic heterocycles. The summed E-state index contributed by atoms with van der Waals surface area (Å²) in [7, 11) is 0. The molecule has 1 heterocycles. The van der Waals surface area contributed by atoms with Gasteiger partial charge in [-0.25, -0.2) is 4.98 Å². The molecule has 0 saturated carbocycles. The highest BCUT2D eigenvalue weighted by Gasteiger charge is 2.06. The molecule has 138 valence electrons. The summed E-state index contributed by atoms with van der Waals surface area (Å²) >= 11 is 0. The Morgan fingerprint density at radius 2 is 2.00 bits per heavy atom. The Labute approximate surface area is 168 Å². The number of benzene rings is 1. The molecule has 1 unspecified atom stereocenters. The molecule has 0 aliphatic carbocycles. The lowest BCUT2D eigenvalue weighted by molar-refractivity contribution is 0.599. The lowest BCUT2D eigenvalue weighted by atomic mass is 10.1. The van der Waals surface area contributed by atoms with Gasteiger partial charge in [0.2, 0.25) is 0 Å². The molecule has 2 aromatic rings. The van der Waals surface area contributed by atoms with E-state index >= 15 is 0 Å². The van der Waals surface area contributed by atoms with E-state index in [-0.39, 0.29) is 30.0 Å². The maximum Gasteiger partial charge on any atom is 0.191 e. The van der Waals surface area contributed by atoms with Gasteiger partial charge in [-0.1, -0.05) is 30.3 Å². The molecule has 5 nitrogen and oxygen atoms in total. The van der Waals surface area contributed by atoms with Crippen LogP contribution in [0, 0.1) is 6.92 Å². The molecule has 1 atom stereocenters. The van der Waals surface area contributed by atoms with Gasteiger partial charge in [0, 0.05) is 32.0 Å². The van der Waals surface area contributed by atoms with Gasteiger partial charge in [0.25, 0.3) is 0 Å². The lowest BCUT2D eigenvalue weighted by Crippen LogP contribution is -2.38. The fourth-order valence-electron chi connectivity index (χ4n) is 2.58. The molecule has 0 radical (unpaired) electrons. The molecule has 25 heavy (non-hydrogen) atoms. The second kappa shape index (κ2) is 11.9. The number of rotatable bonds is 8. The standard InChI is InChI=1S/C19H29N5.HI/c1-4-20-19(23-16(2)18-10-6-5-7-11-18)22-12-8-9-14-24-15-13-21-17(24)3;/h5-7,10-11,13,15-16H,4,8-9,12,14H2,1-3H3,(H2,20,22,23);1H. The number of guanidine groups is 1. The van der Waals surface area contributed by atoms with Crippen LogP contribution < -0.4 is 10.6 Å². The van der Waals surface area contributed by atoms with E-state index in [0.717, 1.165) is 44.3 Å². The Hall–Kier alpha value is -1.57. The van der Waals surface area contributed by atoms with Crippen LogP contribution in [0.5, 0.6) is 0 Å².